The Morgan fingerprint density at radius 1 is 1.03 bits per heavy atom. The second-order valence-corrected chi connectivity index (χ2v) is 9.18. The van der Waals surface area contributed by atoms with E-state index in [9.17, 15) is 9.59 Å². The monoisotopic (exact) mass is 476 g/mol. The zero-order valence-corrected chi connectivity index (χ0v) is 20.5. The first-order valence-corrected chi connectivity index (χ1v) is 12.2. The van der Waals surface area contributed by atoms with Crippen LogP contribution in [0.25, 0.3) is 22.5 Å². The number of carbonyl (C=O) groups is 2. The molecule has 0 spiro atoms. The molecule has 8 heteroatoms. The Morgan fingerprint density at radius 3 is 2.26 bits per heavy atom. The molecule has 0 saturated heterocycles. The van der Waals surface area contributed by atoms with Gasteiger partial charge in [0.2, 0.25) is 0 Å². The van der Waals surface area contributed by atoms with Crippen LogP contribution in [-0.4, -0.2) is 40.4 Å². The molecule has 7 nitrogen and oxygen atoms in total. The number of H-pyrrole nitrogens is 1. The number of carbonyl (C=O) groups excluding carboxylic acids is 2. The molecular formula is C26H28N4O3S. The minimum atomic E-state index is -0.439. The quantitative estimate of drug-likeness (QED) is 0.330. The van der Waals surface area contributed by atoms with Gasteiger partial charge in [-0.3, -0.25) is 0 Å². The van der Waals surface area contributed by atoms with E-state index in [1.165, 1.54) is 22.9 Å². The van der Waals surface area contributed by atoms with Gasteiger partial charge in [0.15, 0.2) is 5.16 Å². The highest BCUT2D eigenvalue weighted by Crippen LogP contribution is 2.34. The minimum absolute atomic E-state index is 0.265. The van der Waals surface area contributed by atoms with Crippen LogP contribution in [0.2, 0.25) is 0 Å². The number of esters is 1. The minimum Gasteiger partial charge on any atom is -0.463 e. The number of ether oxygens (including phenoxy) is 1. The lowest BCUT2D eigenvalue weighted by Gasteiger charge is -2.26. The third-order valence-corrected chi connectivity index (χ3v) is 6.47. The fourth-order valence-electron chi connectivity index (χ4n) is 3.80. The molecule has 2 heterocycles. The summed E-state index contributed by atoms with van der Waals surface area (Å²) in [7, 11) is 0. The predicted octanol–water partition coefficient (Wildman–Crippen LogP) is 4.97. The first kappa shape index (κ1) is 23.6. The average molecular weight is 477 g/mol. The van der Waals surface area contributed by atoms with E-state index in [-0.39, 0.29) is 12.6 Å². The van der Waals surface area contributed by atoms with Crippen LogP contribution < -0.4 is 10.6 Å². The largest absolute Gasteiger partial charge is 0.463 e. The highest BCUT2D eigenvalue weighted by atomic mass is 32.2. The maximum absolute atomic E-state index is 12.5. The molecule has 0 unspecified atom stereocenters. The van der Waals surface area contributed by atoms with E-state index < -0.39 is 12.0 Å². The Kier molecular flexibility index (Phi) is 7.07. The summed E-state index contributed by atoms with van der Waals surface area (Å²) < 4.78 is 5.21. The van der Waals surface area contributed by atoms with E-state index in [2.05, 4.69) is 78.0 Å². The van der Waals surface area contributed by atoms with Gasteiger partial charge in [-0.1, -0.05) is 71.4 Å². The lowest BCUT2D eigenvalue weighted by molar-refractivity contribution is -0.138. The molecular weight excluding hydrogens is 448 g/mol. The highest BCUT2D eigenvalue weighted by Gasteiger charge is 2.30. The molecule has 0 bridgehead atoms. The van der Waals surface area contributed by atoms with Crippen LogP contribution in [0.15, 0.2) is 65.0 Å². The summed E-state index contributed by atoms with van der Waals surface area (Å²) in [5, 5.41) is 6.19. The van der Waals surface area contributed by atoms with Crippen molar-refractivity contribution in [2.24, 2.45) is 0 Å². The molecule has 3 aromatic rings. The lowest BCUT2D eigenvalue weighted by atomic mass is 10.0. The summed E-state index contributed by atoms with van der Waals surface area (Å²) in [5.41, 5.74) is 7.16. The van der Waals surface area contributed by atoms with Crippen molar-refractivity contribution in [2.75, 3.05) is 12.4 Å². The van der Waals surface area contributed by atoms with Gasteiger partial charge < -0.3 is 20.4 Å². The number of hydrogen-bond acceptors (Lipinski definition) is 5. The fraction of sp³-hybridized carbons (Fsp3) is 0.269. The normalized spacial score (nSPS) is 15.6. The Balaban J connectivity index is 1.68. The number of thioether (sulfide) groups is 1. The smallest absolute Gasteiger partial charge is 0.337 e. The second-order valence-electron chi connectivity index (χ2n) is 8.22. The van der Waals surface area contributed by atoms with E-state index in [1.54, 1.807) is 13.8 Å². The van der Waals surface area contributed by atoms with Gasteiger partial charge in [0.1, 0.15) is 0 Å². The van der Waals surface area contributed by atoms with Gasteiger partial charge >= 0.3 is 12.0 Å². The topological polar surface area (TPSA) is 96.1 Å². The molecule has 0 aliphatic carbocycles. The van der Waals surface area contributed by atoms with Crippen LogP contribution in [0.4, 0.5) is 4.79 Å². The molecule has 0 saturated carbocycles. The number of benzene rings is 2. The van der Waals surface area contributed by atoms with Crippen molar-refractivity contribution >= 4 is 23.8 Å². The van der Waals surface area contributed by atoms with E-state index in [0.717, 1.165) is 22.5 Å². The number of urea groups is 1. The standard InChI is InChI=1S/C26H28N4O3S/c1-5-33-24(31)21-17(4)27-25(32)28-20(21)14-34-26-29-22(18-10-6-15(2)7-11-18)23(30-26)19-12-8-16(3)9-13-19/h6-13,17H,5,14H2,1-4H3,(H,29,30)(H2,27,28,32)/t17-/m0/s1. The van der Waals surface area contributed by atoms with Gasteiger partial charge in [-0.2, -0.15) is 0 Å². The third kappa shape index (κ3) is 5.17. The van der Waals surface area contributed by atoms with Gasteiger partial charge in [0, 0.05) is 22.6 Å². The summed E-state index contributed by atoms with van der Waals surface area (Å²) in [6.45, 7) is 7.91. The zero-order valence-electron chi connectivity index (χ0n) is 19.7. The molecule has 176 valence electrons. The maximum Gasteiger partial charge on any atom is 0.337 e. The molecule has 4 rings (SSSR count). The van der Waals surface area contributed by atoms with Crippen LogP contribution >= 0.6 is 11.8 Å². The zero-order chi connectivity index (χ0) is 24.2. The summed E-state index contributed by atoms with van der Waals surface area (Å²) in [6, 6.07) is 15.8. The van der Waals surface area contributed by atoms with Crippen LogP contribution in [0, 0.1) is 13.8 Å². The number of hydrogen-bond donors (Lipinski definition) is 3. The van der Waals surface area contributed by atoms with Gasteiger partial charge in [-0.05, 0) is 27.7 Å². The van der Waals surface area contributed by atoms with Crippen LogP contribution in [0.3, 0.4) is 0 Å². The highest BCUT2D eigenvalue weighted by molar-refractivity contribution is 7.99. The van der Waals surface area contributed by atoms with Crippen molar-refractivity contribution in [3.63, 3.8) is 0 Å². The molecule has 1 aromatic heterocycles. The Bertz CT molecular complexity index is 1170. The maximum atomic E-state index is 12.5. The van der Waals surface area contributed by atoms with Crippen molar-refractivity contribution < 1.29 is 14.3 Å². The van der Waals surface area contributed by atoms with Crippen molar-refractivity contribution in [1.29, 1.82) is 0 Å². The van der Waals surface area contributed by atoms with Gasteiger partial charge in [0.05, 0.1) is 29.6 Å². The molecule has 3 N–H and O–H groups in total. The second kappa shape index (κ2) is 10.2. The van der Waals surface area contributed by atoms with Gasteiger partial charge in [0.25, 0.3) is 0 Å². The van der Waals surface area contributed by atoms with Crippen LogP contribution in [-0.2, 0) is 9.53 Å². The number of rotatable bonds is 7. The summed E-state index contributed by atoms with van der Waals surface area (Å²) in [5.74, 6) is -0.0710. The Hall–Kier alpha value is -3.52. The molecule has 1 atom stereocenters. The van der Waals surface area contributed by atoms with E-state index in [0.29, 0.717) is 22.2 Å². The number of aromatic amines is 1. The first-order chi connectivity index (χ1) is 16.4. The molecule has 0 radical (unpaired) electrons. The van der Waals surface area contributed by atoms with Crippen molar-refractivity contribution in [3.05, 3.63) is 70.9 Å². The van der Waals surface area contributed by atoms with Crippen molar-refractivity contribution in [2.45, 2.75) is 38.9 Å². The molecule has 1 aliphatic rings. The number of aryl methyl sites for hydroxylation is 2. The SMILES string of the molecule is CCOC(=O)C1=C(CSc2nc(-c3ccc(C)cc3)c(-c3ccc(C)cc3)[nH]2)NC(=O)N[C@H]1C. The van der Waals surface area contributed by atoms with Crippen molar-refractivity contribution in [1.82, 2.24) is 20.6 Å². The fourth-order valence-corrected chi connectivity index (χ4v) is 4.64. The molecule has 2 amide bonds. The van der Waals surface area contributed by atoms with Crippen LogP contribution in [0.5, 0.6) is 0 Å². The molecule has 34 heavy (non-hydrogen) atoms. The lowest BCUT2D eigenvalue weighted by Crippen LogP contribution is -2.49. The van der Waals surface area contributed by atoms with E-state index >= 15 is 0 Å². The molecule has 1 aliphatic heterocycles. The van der Waals surface area contributed by atoms with E-state index in [4.69, 9.17) is 9.72 Å². The summed E-state index contributed by atoms with van der Waals surface area (Å²) in [4.78, 5) is 32.9. The van der Waals surface area contributed by atoms with Crippen molar-refractivity contribution in [3.8, 4) is 22.5 Å². The number of aromatic nitrogens is 2. The van der Waals surface area contributed by atoms with Gasteiger partial charge in [-0.25, -0.2) is 14.6 Å². The number of imidazole rings is 1. The van der Waals surface area contributed by atoms with Gasteiger partial charge in [-0.15, -0.1) is 0 Å². The Morgan fingerprint density at radius 2 is 1.65 bits per heavy atom. The predicted molar refractivity (Wildman–Crippen MR) is 134 cm³/mol. The number of amides is 2. The third-order valence-electron chi connectivity index (χ3n) is 5.57. The van der Waals surface area contributed by atoms with Crippen LogP contribution in [0.1, 0.15) is 25.0 Å². The van der Waals surface area contributed by atoms with E-state index in [1.807, 2.05) is 0 Å². The summed E-state index contributed by atoms with van der Waals surface area (Å²) in [6.07, 6.45) is 0. The molecule has 0 fully saturated rings. The number of nitrogens with zero attached hydrogens (tertiary/aromatic N) is 1. The Labute approximate surface area is 203 Å². The first-order valence-electron chi connectivity index (χ1n) is 11.2. The molecule has 2 aromatic carbocycles. The summed E-state index contributed by atoms with van der Waals surface area (Å²) >= 11 is 1.43. The number of nitrogens with one attached hydrogen (secondary N) is 3. The average Bonchev–Trinajstić information content (AvgIpc) is 3.22.